The van der Waals surface area contributed by atoms with E-state index in [0.717, 1.165) is 69.0 Å². The highest BCUT2D eigenvalue weighted by molar-refractivity contribution is 5.79. The van der Waals surface area contributed by atoms with Gasteiger partial charge >= 0.3 is 0 Å². The third-order valence-corrected chi connectivity index (χ3v) is 5.69. The summed E-state index contributed by atoms with van der Waals surface area (Å²) in [5, 5.41) is 6.45. The van der Waals surface area contributed by atoms with Gasteiger partial charge in [0.25, 0.3) is 0 Å². The summed E-state index contributed by atoms with van der Waals surface area (Å²) in [6.07, 6.45) is 2.55. The van der Waals surface area contributed by atoms with Crippen LogP contribution in [0.5, 0.6) is 0 Å². The molecule has 1 aromatic carbocycles. The molecule has 0 aliphatic carbocycles. The first kappa shape index (κ1) is 23.2. The van der Waals surface area contributed by atoms with Gasteiger partial charge in [0.1, 0.15) is 17.4 Å². The minimum Gasteiger partial charge on any atom is -0.444 e. The number of nitrogens with one attached hydrogen (secondary N) is 2. The second-order valence-electron chi connectivity index (χ2n) is 8.10. The highest BCUT2D eigenvalue weighted by atomic mass is 19.1. The SMILES string of the molecule is CCNC(=NCC1CCN(Cc2nc(C)c(C)o2)CC1)NCCc1cc(F)ccc1F. The number of hydrogen-bond donors (Lipinski definition) is 2. The van der Waals surface area contributed by atoms with Crippen molar-refractivity contribution in [1.82, 2.24) is 20.5 Å². The fourth-order valence-corrected chi connectivity index (χ4v) is 3.74. The Balaban J connectivity index is 1.43. The van der Waals surface area contributed by atoms with E-state index in [4.69, 9.17) is 9.41 Å². The number of nitrogens with zero attached hydrogens (tertiary/aromatic N) is 3. The summed E-state index contributed by atoms with van der Waals surface area (Å²) in [5.41, 5.74) is 1.33. The average molecular weight is 434 g/mol. The molecule has 1 aliphatic rings. The number of aryl methyl sites for hydroxylation is 2. The van der Waals surface area contributed by atoms with E-state index < -0.39 is 5.82 Å². The van der Waals surface area contributed by atoms with E-state index in [1.165, 1.54) is 12.1 Å². The van der Waals surface area contributed by atoms with Crippen molar-refractivity contribution in [2.24, 2.45) is 10.9 Å². The van der Waals surface area contributed by atoms with Gasteiger partial charge in [0.15, 0.2) is 5.96 Å². The quantitative estimate of drug-likeness (QED) is 0.492. The Kier molecular flexibility index (Phi) is 8.40. The Bertz CT molecular complexity index is 855. The molecule has 2 aromatic rings. The molecule has 3 rings (SSSR count). The first-order chi connectivity index (χ1) is 14.9. The van der Waals surface area contributed by atoms with Crippen LogP contribution in [0.2, 0.25) is 0 Å². The van der Waals surface area contributed by atoms with Crippen LogP contribution >= 0.6 is 0 Å². The lowest BCUT2D eigenvalue weighted by Crippen LogP contribution is -2.39. The summed E-state index contributed by atoms with van der Waals surface area (Å²) >= 11 is 0. The lowest BCUT2D eigenvalue weighted by atomic mass is 9.97. The number of rotatable bonds is 8. The van der Waals surface area contributed by atoms with Gasteiger partial charge in [-0.2, -0.15) is 0 Å². The van der Waals surface area contributed by atoms with Gasteiger partial charge in [0, 0.05) is 19.6 Å². The Morgan fingerprint density at radius 3 is 2.68 bits per heavy atom. The Morgan fingerprint density at radius 2 is 2.00 bits per heavy atom. The topological polar surface area (TPSA) is 65.7 Å². The predicted octanol–water partition coefficient (Wildman–Crippen LogP) is 3.58. The fraction of sp³-hybridized carbons (Fsp3) is 0.565. The molecule has 1 aliphatic heterocycles. The number of aliphatic imine (C=N–C) groups is 1. The van der Waals surface area contributed by atoms with Crippen LogP contribution in [-0.2, 0) is 13.0 Å². The monoisotopic (exact) mass is 433 g/mol. The van der Waals surface area contributed by atoms with Gasteiger partial charge in [0.05, 0.1) is 12.2 Å². The van der Waals surface area contributed by atoms with Crippen molar-refractivity contribution in [3.8, 4) is 0 Å². The summed E-state index contributed by atoms with van der Waals surface area (Å²) < 4.78 is 32.8. The number of guanidine groups is 1. The van der Waals surface area contributed by atoms with Gasteiger partial charge in [0.2, 0.25) is 5.89 Å². The number of likely N-dealkylation sites (tertiary alicyclic amines) is 1. The van der Waals surface area contributed by atoms with Crippen LogP contribution in [0.25, 0.3) is 0 Å². The van der Waals surface area contributed by atoms with Crippen LogP contribution in [0.4, 0.5) is 8.78 Å². The maximum Gasteiger partial charge on any atom is 0.208 e. The molecule has 0 atom stereocenters. The zero-order chi connectivity index (χ0) is 22.2. The van der Waals surface area contributed by atoms with Crippen molar-refractivity contribution in [1.29, 1.82) is 0 Å². The molecule has 1 aromatic heterocycles. The van der Waals surface area contributed by atoms with Crippen LogP contribution in [0.3, 0.4) is 0 Å². The van der Waals surface area contributed by atoms with Gasteiger partial charge in [-0.15, -0.1) is 0 Å². The van der Waals surface area contributed by atoms with Crippen molar-refractivity contribution < 1.29 is 13.2 Å². The maximum absolute atomic E-state index is 13.8. The zero-order valence-electron chi connectivity index (χ0n) is 18.7. The number of oxazole rings is 1. The fourth-order valence-electron chi connectivity index (χ4n) is 3.74. The molecule has 0 bridgehead atoms. The molecule has 1 saturated heterocycles. The molecule has 31 heavy (non-hydrogen) atoms. The molecular weight excluding hydrogens is 400 g/mol. The first-order valence-electron chi connectivity index (χ1n) is 11.1. The van der Waals surface area contributed by atoms with Crippen molar-refractivity contribution in [3.05, 3.63) is 52.7 Å². The smallest absolute Gasteiger partial charge is 0.208 e. The van der Waals surface area contributed by atoms with E-state index >= 15 is 0 Å². The van der Waals surface area contributed by atoms with Gasteiger partial charge in [-0.05, 0) is 82.8 Å². The van der Waals surface area contributed by atoms with Crippen LogP contribution in [0.15, 0.2) is 27.6 Å². The van der Waals surface area contributed by atoms with E-state index in [-0.39, 0.29) is 5.82 Å². The molecule has 2 N–H and O–H groups in total. The number of benzene rings is 1. The standard InChI is InChI=1S/C23H33F2N5O/c1-4-26-23(27-10-7-19-13-20(24)5-6-21(19)25)28-14-18-8-11-30(12-9-18)15-22-29-16(2)17(3)31-22/h5-6,13,18H,4,7-12,14-15H2,1-3H3,(H2,26,27,28). The van der Waals surface area contributed by atoms with Crippen LogP contribution in [0, 0.1) is 31.4 Å². The number of piperidine rings is 1. The largest absolute Gasteiger partial charge is 0.444 e. The van der Waals surface area contributed by atoms with Crippen molar-refractivity contribution in [2.45, 2.75) is 46.6 Å². The highest BCUT2D eigenvalue weighted by Gasteiger charge is 2.21. The second-order valence-corrected chi connectivity index (χ2v) is 8.10. The highest BCUT2D eigenvalue weighted by Crippen LogP contribution is 2.20. The summed E-state index contributed by atoms with van der Waals surface area (Å²) in [6, 6.07) is 3.55. The van der Waals surface area contributed by atoms with Crippen molar-refractivity contribution >= 4 is 5.96 Å². The van der Waals surface area contributed by atoms with Crippen molar-refractivity contribution in [2.75, 3.05) is 32.7 Å². The molecule has 170 valence electrons. The normalized spacial score (nSPS) is 16.0. The van der Waals surface area contributed by atoms with E-state index in [9.17, 15) is 8.78 Å². The Hall–Kier alpha value is -2.48. The van der Waals surface area contributed by atoms with Crippen LogP contribution in [-0.4, -0.2) is 48.6 Å². The number of hydrogen-bond acceptors (Lipinski definition) is 4. The molecule has 8 heteroatoms. The lowest BCUT2D eigenvalue weighted by molar-refractivity contribution is 0.166. The number of aromatic nitrogens is 1. The van der Waals surface area contributed by atoms with E-state index in [1.54, 1.807) is 0 Å². The molecule has 6 nitrogen and oxygen atoms in total. The van der Waals surface area contributed by atoms with Crippen molar-refractivity contribution in [3.63, 3.8) is 0 Å². The summed E-state index contributed by atoms with van der Waals surface area (Å²) in [7, 11) is 0. The summed E-state index contributed by atoms with van der Waals surface area (Å²) in [6.45, 7) is 10.7. The molecule has 0 amide bonds. The summed E-state index contributed by atoms with van der Waals surface area (Å²) in [4.78, 5) is 11.6. The van der Waals surface area contributed by atoms with E-state index in [2.05, 4.69) is 20.5 Å². The molecule has 0 radical (unpaired) electrons. The molecule has 1 fully saturated rings. The predicted molar refractivity (Wildman–Crippen MR) is 118 cm³/mol. The lowest BCUT2D eigenvalue weighted by Gasteiger charge is -2.30. The minimum absolute atomic E-state index is 0.368. The Labute approximate surface area is 183 Å². The first-order valence-corrected chi connectivity index (χ1v) is 11.1. The van der Waals surface area contributed by atoms with E-state index in [1.807, 2.05) is 20.8 Å². The van der Waals surface area contributed by atoms with Gasteiger partial charge in [-0.1, -0.05) is 0 Å². The van der Waals surface area contributed by atoms with Crippen LogP contribution < -0.4 is 10.6 Å². The average Bonchev–Trinajstić information content (AvgIpc) is 3.06. The van der Waals surface area contributed by atoms with Gasteiger partial charge in [-0.25, -0.2) is 13.8 Å². The van der Waals surface area contributed by atoms with Gasteiger partial charge in [-0.3, -0.25) is 9.89 Å². The minimum atomic E-state index is -0.420. The van der Waals surface area contributed by atoms with Gasteiger partial charge < -0.3 is 15.1 Å². The molecular formula is C23H33F2N5O. The third-order valence-electron chi connectivity index (χ3n) is 5.69. The van der Waals surface area contributed by atoms with Crippen LogP contribution in [0.1, 0.15) is 42.7 Å². The third kappa shape index (κ3) is 7.02. The molecule has 0 saturated carbocycles. The maximum atomic E-state index is 13.8. The molecule has 0 spiro atoms. The Morgan fingerprint density at radius 1 is 1.23 bits per heavy atom. The van der Waals surface area contributed by atoms with E-state index in [0.29, 0.717) is 30.4 Å². The second kappa shape index (κ2) is 11.2. The zero-order valence-corrected chi connectivity index (χ0v) is 18.7. The number of halogens is 2. The molecule has 2 heterocycles. The summed E-state index contributed by atoms with van der Waals surface area (Å²) in [5.74, 6) is 2.12. The molecule has 0 unspecified atom stereocenters.